The predicted octanol–water partition coefficient (Wildman–Crippen LogP) is 1.11. The Morgan fingerprint density at radius 2 is 2.11 bits per heavy atom. The average molecular weight is 489 g/mol. The highest BCUT2D eigenvalue weighted by Gasteiger charge is 2.30. The smallest absolute Gasteiger partial charge is 0.251 e. The summed E-state index contributed by atoms with van der Waals surface area (Å²) in [5, 5.41) is 3.37. The minimum atomic E-state index is -0.236. The Morgan fingerprint density at radius 3 is 2.74 bits per heavy atom. The first-order valence-electron chi connectivity index (χ1n) is 9.06. The molecule has 3 rings (SSSR count). The number of nitrogens with zero attached hydrogens (tertiary/aromatic N) is 4. The van der Waals surface area contributed by atoms with E-state index in [0.29, 0.717) is 32.1 Å². The second kappa shape index (κ2) is 10.6. The van der Waals surface area contributed by atoms with E-state index in [1.807, 2.05) is 17.0 Å². The van der Waals surface area contributed by atoms with Crippen LogP contribution in [0.25, 0.3) is 0 Å². The van der Waals surface area contributed by atoms with Crippen LogP contribution in [0, 0.1) is 0 Å². The molecule has 0 aromatic carbocycles. The van der Waals surface area contributed by atoms with Crippen LogP contribution in [0.5, 0.6) is 5.88 Å². The molecule has 1 atom stereocenters. The van der Waals surface area contributed by atoms with Crippen LogP contribution in [0.1, 0.15) is 18.4 Å². The number of pyridine rings is 1. The van der Waals surface area contributed by atoms with Crippen molar-refractivity contribution >= 4 is 35.8 Å². The van der Waals surface area contributed by atoms with Gasteiger partial charge in [0.1, 0.15) is 6.10 Å². The van der Waals surface area contributed by atoms with Gasteiger partial charge >= 0.3 is 0 Å². The van der Waals surface area contributed by atoms with Crippen LogP contribution < -0.4 is 10.1 Å². The van der Waals surface area contributed by atoms with Crippen molar-refractivity contribution < 1.29 is 14.3 Å². The Bertz CT molecular complexity index is 644. The molecule has 1 amide bonds. The molecule has 150 valence electrons. The number of nitrogens with one attached hydrogen (secondary N) is 1. The van der Waals surface area contributed by atoms with Crippen molar-refractivity contribution in [1.82, 2.24) is 20.1 Å². The summed E-state index contributed by atoms with van der Waals surface area (Å²) in [7, 11) is 3.38. The first-order valence-corrected chi connectivity index (χ1v) is 9.06. The molecule has 27 heavy (non-hydrogen) atoms. The van der Waals surface area contributed by atoms with E-state index in [0.717, 1.165) is 37.5 Å². The second-order valence-corrected chi connectivity index (χ2v) is 6.42. The lowest BCUT2D eigenvalue weighted by molar-refractivity contribution is -0.142. The highest BCUT2D eigenvalue weighted by Crippen LogP contribution is 2.16. The topological polar surface area (TPSA) is 79.3 Å². The Labute approximate surface area is 177 Å². The van der Waals surface area contributed by atoms with Crippen molar-refractivity contribution in [2.75, 3.05) is 46.9 Å². The molecule has 8 nitrogen and oxygen atoms in total. The SMILES string of the molecule is CN=C(NCc1ccnc(OC)c1)N1CCN(C(=O)C2CCCO2)CC1.I. The first-order chi connectivity index (χ1) is 12.7. The van der Waals surface area contributed by atoms with Gasteiger partial charge in [-0.2, -0.15) is 0 Å². The Morgan fingerprint density at radius 1 is 1.37 bits per heavy atom. The fourth-order valence-corrected chi connectivity index (χ4v) is 3.30. The highest BCUT2D eigenvalue weighted by molar-refractivity contribution is 14.0. The number of halogens is 1. The van der Waals surface area contributed by atoms with Gasteiger partial charge in [-0.3, -0.25) is 9.79 Å². The molecule has 3 heterocycles. The molecule has 2 fully saturated rings. The van der Waals surface area contributed by atoms with E-state index in [-0.39, 0.29) is 36.0 Å². The molecular formula is C18H28IN5O3. The number of rotatable bonds is 4. The third-order valence-corrected chi connectivity index (χ3v) is 4.77. The summed E-state index contributed by atoms with van der Waals surface area (Å²) in [6.07, 6.45) is 3.32. The van der Waals surface area contributed by atoms with E-state index in [9.17, 15) is 4.79 Å². The van der Waals surface area contributed by atoms with E-state index < -0.39 is 0 Å². The minimum Gasteiger partial charge on any atom is -0.481 e. The number of carbonyl (C=O) groups excluding carboxylic acids is 1. The van der Waals surface area contributed by atoms with E-state index >= 15 is 0 Å². The zero-order valence-electron chi connectivity index (χ0n) is 15.9. The molecule has 0 spiro atoms. The fourth-order valence-electron chi connectivity index (χ4n) is 3.30. The zero-order valence-corrected chi connectivity index (χ0v) is 18.2. The zero-order chi connectivity index (χ0) is 18.4. The summed E-state index contributed by atoms with van der Waals surface area (Å²) >= 11 is 0. The maximum absolute atomic E-state index is 12.4. The number of guanidine groups is 1. The predicted molar refractivity (Wildman–Crippen MR) is 114 cm³/mol. The van der Waals surface area contributed by atoms with Gasteiger partial charge in [0.2, 0.25) is 5.88 Å². The highest BCUT2D eigenvalue weighted by atomic mass is 127. The molecule has 0 bridgehead atoms. The Hall–Kier alpha value is -1.62. The Balaban J connectivity index is 0.00000261. The van der Waals surface area contributed by atoms with Crippen LogP contribution in [-0.4, -0.2) is 79.7 Å². The number of amides is 1. The number of ether oxygens (including phenoxy) is 2. The molecule has 0 saturated carbocycles. The van der Waals surface area contributed by atoms with Gasteiger partial charge in [-0.15, -0.1) is 24.0 Å². The van der Waals surface area contributed by atoms with Gasteiger partial charge in [0.05, 0.1) is 7.11 Å². The summed E-state index contributed by atoms with van der Waals surface area (Å²) in [4.78, 5) is 25.0. The lowest BCUT2D eigenvalue weighted by Gasteiger charge is -2.37. The van der Waals surface area contributed by atoms with Crippen LogP contribution in [0.3, 0.4) is 0 Å². The lowest BCUT2D eigenvalue weighted by atomic mass is 10.2. The molecule has 1 aromatic rings. The maximum Gasteiger partial charge on any atom is 0.251 e. The van der Waals surface area contributed by atoms with Crippen molar-refractivity contribution in [2.45, 2.75) is 25.5 Å². The molecule has 1 aromatic heterocycles. The maximum atomic E-state index is 12.4. The number of hydrogen-bond donors (Lipinski definition) is 1. The van der Waals surface area contributed by atoms with E-state index in [1.165, 1.54) is 0 Å². The van der Waals surface area contributed by atoms with Crippen LogP contribution in [-0.2, 0) is 16.1 Å². The summed E-state index contributed by atoms with van der Waals surface area (Å²) in [5.74, 6) is 1.57. The minimum absolute atomic E-state index is 0. The van der Waals surface area contributed by atoms with Gasteiger partial charge in [-0.05, 0) is 24.5 Å². The quantitative estimate of drug-likeness (QED) is 0.388. The van der Waals surface area contributed by atoms with Gasteiger partial charge in [-0.25, -0.2) is 4.98 Å². The summed E-state index contributed by atoms with van der Waals surface area (Å²) in [6.45, 7) is 4.26. The molecule has 0 aliphatic carbocycles. The second-order valence-electron chi connectivity index (χ2n) is 6.42. The van der Waals surface area contributed by atoms with E-state index in [4.69, 9.17) is 9.47 Å². The molecule has 0 radical (unpaired) electrons. The number of methoxy groups -OCH3 is 1. The third kappa shape index (κ3) is 5.68. The first kappa shape index (κ1) is 21.7. The van der Waals surface area contributed by atoms with Crippen molar-refractivity contribution in [3.8, 4) is 5.88 Å². The van der Waals surface area contributed by atoms with Crippen molar-refractivity contribution in [3.05, 3.63) is 23.9 Å². The van der Waals surface area contributed by atoms with Gasteiger partial charge in [0, 0.05) is 58.6 Å². The molecule has 9 heteroatoms. The molecule has 2 aliphatic heterocycles. The molecule has 1 unspecified atom stereocenters. The molecule has 2 saturated heterocycles. The average Bonchev–Trinajstić information content (AvgIpc) is 3.23. The van der Waals surface area contributed by atoms with Gasteiger partial charge in [-0.1, -0.05) is 0 Å². The molecule has 2 aliphatic rings. The largest absolute Gasteiger partial charge is 0.481 e. The number of carbonyl (C=O) groups is 1. The van der Waals surface area contributed by atoms with Crippen molar-refractivity contribution in [3.63, 3.8) is 0 Å². The lowest BCUT2D eigenvalue weighted by Crippen LogP contribution is -2.55. The summed E-state index contributed by atoms with van der Waals surface area (Å²) in [6, 6.07) is 3.85. The van der Waals surface area contributed by atoms with Crippen LogP contribution >= 0.6 is 24.0 Å². The monoisotopic (exact) mass is 489 g/mol. The standard InChI is InChI=1S/C18H27N5O3.HI/c1-19-18(21-13-14-5-6-20-16(12-14)25-2)23-9-7-22(8-10-23)17(24)15-4-3-11-26-15;/h5-6,12,15H,3-4,7-11,13H2,1-2H3,(H,19,21);1H. The number of aliphatic imine (C=N–C) groups is 1. The van der Waals surface area contributed by atoms with Gasteiger partial charge in [0.25, 0.3) is 5.91 Å². The number of aromatic nitrogens is 1. The van der Waals surface area contributed by atoms with Crippen LogP contribution in [0.4, 0.5) is 0 Å². The Kier molecular flexibility index (Phi) is 8.55. The molecular weight excluding hydrogens is 461 g/mol. The molecule has 1 N–H and O–H groups in total. The fraction of sp³-hybridized carbons (Fsp3) is 0.611. The van der Waals surface area contributed by atoms with E-state index in [2.05, 4.69) is 20.2 Å². The summed E-state index contributed by atoms with van der Waals surface area (Å²) in [5.41, 5.74) is 1.07. The van der Waals surface area contributed by atoms with Gasteiger partial charge in [0.15, 0.2) is 5.96 Å². The van der Waals surface area contributed by atoms with Crippen molar-refractivity contribution in [2.24, 2.45) is 4.99 Å². The van der Waals surface area contributed by atoms with Crippen molar-refractivity contribution in [1.29, 1.82) is 0 Å². The summed E-state index contributed by atoms with van der Waals surface area (Å²) < 4.78 is 10.7. The number of hydrogen-bond acceptors (Lipinski definition) is 5. The van der Waals surface area contributed by atoms with E-state index in [1.54, 1.807) is 20.4 Å². The number of piperazine rings is 1. The van der Waals surface area contributed by atoms with Crippen LogP contribution in [0.15, 0.2) is 23.3 Å². The van der Waals surface area contributed by atoms with Crippen LogP contribution in [0.2, 0.25) is 0 Å². The van der Waals surface area contributed by atoms with Gasteiger partial charge < -0.3 is 24.6 Å². The third-order valence-electron chi connectivity index (χ3n) is 4.77. The normalized spacial score (nSPS) is 20.2.